The predicted octanol–water partition coefficient (Wildman–Crippen LogP) is 2.04. The molecule has 1 amide bonds. The minimum Gasteiger partial charge on any atom is -0.394 e. The van der Waals surface area contributed by atoms with Gasteiger partial charge in [0, 0.05) is 6.42 Å². The van der Waals surface area contributed by atoms with Crippen molar-refractivity contribution >= 4 is 5.91 Å². The van der Waals surface area contributed by atoms with E-state index in [2.05, 4.69) is 54.8 Å². The lowest BCUT2D eigenvalue weighted by Gasteiger charge is -2.39. The third-order valence-electron chi connectivity index (χ3n) is 5.88. The molecule has 0 bridgehead atoms. The Labute approximate surface area is 221 Å². The fourth-order valence-corrected chi connectivity index (χ4v) is 3.61. The molecule has 0 radical (unpaired) electrons. The Morgan fingerprint density at radius 2 is 1.43 bits per heavy atom. The lowest BCUT2D eigenvalue weighted by Crippen LogP contribution is -2.59. The molecule has 0 aromatic carbocycles. The van der Waals surface area contributed by atoms with E-state index in [4.69, 9.17) is 9.47 Å². The minimum absolute atomic E-state index is 0.179. The van der Waals surface area contributed by atoms with Crippen molar-refractivity contribution in [3.8, 4) is 0 Å². The Bertz CT molecular complexity index is 706. The lowest BCUT2D eigenvalue weighted by molar-refractivity contribution is -0.302. The van der Waals surface area contributed by atoms with Crippen LogP contribution in [0.4, 0.5) is 0 Å². The molecule has 6 unspecified atom stereocenters. The quantitative estimate of drug-likeness (QED) is 0.111. The predicted molar refractivity (Wildman–Crippen MR) is 143 cm³/mol. The second-order valence-corrected chi connectivity index (χ2v) is 9.10. The summed E-state index contributed by atoms with van der Waals surface area (Å²) in [6.07, 6.45) is 18.3. The van der Waals surface area contributed by atoms with Crippen molar-refractivity contribution in [3.05, 3.63) is 48.6 Å². The van der Waals surface area contributed by atoms with E-state index in [1.165, 1.54) is 12.8 Å². The zero-order chi connectivity index (χ0) is 27.3. The van der Waals surface area contributed by atoms with Crippen LogP contribution >= 0.6 is 0 Å². The van der Waals surface area contributed by atoms with Crippen LogP contribution in [0.1, 0.15) is 64.7 Å². The first-order valence-electron chi connectivity index (χ1n) is 13.4. The molecular weight excluding hydrogens is 478 g/mol. The monoisotopic (exact) mass is 525 g/mol. The number of carbonyl (C=O) groups excluding carboxylic acids is 1. The van der Waals surface area contributed by atoms with Crippen LogP contribution in [0.25, 0.3) is 0 Å². The van der Waals surface area contributed by atoms with E-state index in [1.807, 2.05) is 6.08 Å². The van der Waals surface area contributed by atoms with E-state index in [-0.39, 0.29) is 25.5 Å². The van der Waals surface area contributed by atoms with Gasteiger partial charge in [0.15, 0.2) is 6.29 Å². The molecule has 9 nitrogen and oxygen atoms in total. The van der Waals surface area contributed by atoms with Gasteiger partial charge in [0.1, 0.15) is 24.4 Å². The molecule has 1 aliphatic rings. The Morgan fingerprint density at radius 3 is 1.97 bits per heavy atom. The Hall–Kier alpha value is -1.85. The SMILES string of the molecule is CCCCC=CCC=CCC=CCC=CCCCC(=O)NC(CO)COC1OC(CO)C(O)C(O)C1O. The van der Waals surface area contributed by atoms with Gasteiger partial charge in [-0.05, 0) is 38.5 Å². The molecule has 0 aliphatic carbocycles. The van der Waals surface area contributed by atoms with E-state index in [0.717, 1.165) is 32.1 Å². The lowest BCUT2D eigenvalue weighted by atomic mass is 9.99. The number of hydrogen-bond donors (Lipinski definition) is 6. The number of allylic oxidation sites excluding steroid dienone is 8. The maximum atomic E-state index is 12.2. The van der Waals surface area contributed by atoms with Crippen molar-refractivity contribution in [3.63, 3.8) is 0 Å². The third kappa shape index (κ3) is 14.6. The van der Waals surface area contributed by atoms with Crippen molar-refractivity contribution in [2.24, 2.45) is 0 Å². The molecule has 1 heterocycles. The number of carbonyl (C=O) groups is 1. The largest absolute Gasteiger partial charge is 0.394 e. The van der Waals surface area contributed by atoms with Crippen molar-refractivity contribution in [1.82, 2.24) is 5.32 Å². The Kier molecular flexibility index (Phi) is 18.9. The molecule has 6 atom stereocenters. The summed E-state index contributed by atoms with van der Waals surface area (Å²) in [5.41, 5.74) is 0. The summed E-state index contributed by atoms with van der Waals surface area (Å²) >= 11 is 0. The van der Waals surface area contributed by atoms with Crippen LogP contribution in [-0.2, 0) is 14.3 Å². The van der Waals surface area contributed by atoms with E-state index in [9.17, 15) is 30.3 Å². The highest BCUT2D eigenvalue weighted by atomic mass is 16.7. The van der Waals surface area contributed by atoms with E-state index in [1.54, 1.807) is 0 Å². The summed E-state index contributed by atoms with van der Waals surface area (Å²) in [6.45, 7) is 1.07. The molecule has 9 heteroatoms. The summed E-state index contributed by atoms with van der Waals surface area (Å²) in [5.74, 6) is -0.239. The molecule has 1 aliphatic heterocycles. The maximum Gasteiger partial charge on any atom is 0.220 e. The highest BCUT2D eigenvalue weighted by molar-refractivity contribution is 5.76. The summed E-state index contributed by atoms with van der Waals surface area (Å²) in [5, 5.41) is 51.0. The fourth-order valence-electron chi connectivity index (χ4n) is 3.61. The third-order valence-corrected chi connectivity index (χ3v) is 5.88. The molecule has 212 valence electrons. The van der Waals surface area contributed by atoms with Crippen LogP contribution in [0, 0.1) is 0 Å². The van der Waals surface area contributed by atoms with Crippen LogP contribution in [0.5, 0.6) is 0 Å². The number of rotatable bonds is 19. The maximum absolute atomic E-state index is 12.2. The average Bonchev–Trinajstić information content (AvgIpc) is 2.90. The van der Waals surface area contributed by atoms with Gasteiger partial charge in [0.2, 0.25) is 5.91 Å². The number of ether oxygens (including phenoxy) is 2. The molecule has 0 aromatic rings. The number of aliphatic hydroxyl groups excluding tert-OH is 5. The van der Waals surface area contributed by atoms with Gasteiger partial charge in [-0.2, -0.15) is 0 Å². The normalized spacial score (nSPS) is 25.6. The van der Waals surface area contributed by atoms with Gasteiger partial charge >= 0.3 is 0 Å². The number of amides is 1. The van der Waals surface area contributed by atoms with Crippen molar-refractivity contribution < 1.29 is 39.8 Å². The number of aliphatic hydroxyl groups is 5. The Morgan fingerprint density at radius 1 is 0.865 bits per heavy atom. The van der Waals surface area contributed by atoms with Crippen LogP contribution in [0.3, 0.4) is 0 Å². The highest BCUT2D eigenvalue weighted by Gasteiger charge is 2.44. The van der Waals surface area contributed by atoms with Gasteiger partial charge in [0.25, 0.3) is 0 Å². The van der Waals surface area contributed by atoms with Crippen molar-refractivity contribution in [2.45, 2.75) is 101 Å². The zero-order valence-electron chi connectivity index (χ0n) is 22.0. The second kappa shape index (κ2) is 21.1. The van der Waals surface area contributed by atoms with E-state index >= 15 is 0 Å². The number of unbranched alkanes of at least 4 members (excludes halogenated alkanes) is 3. The number of hydrogen-bond acceptors (Lipinski definition) is 8. The van der Waals surface area contributed by atoms with Crippen LogP contribution < -0.4 is 5.32 Å². The van der Waals surface area contributed by atoms with Crippen molar-refractivity contribution in [1.29, 1.82) is 0 Å². The van der Waals surface area contributed by atoms with Gasteiger partial charge in [0.05, 0.1) is 25.9 Å². The standard InChI is InChI=1S/C28H47NO8/c1-2-3-4-5-6-7-8-9-10-11-12-13-14-15-16-17-18-24(32)29-22(19-30)21-36-28-27(35)26(34)25(33)23(20-31)37-28/h5-6,8-9,11-12,14-15,22-23,25-28,30-31,33-35H,2-4,7,10,13,16-21H2,1H3,(H,29,32). The molecule has 0 saturated carbocycles. The summed E-state index contributed by atoms with van der Waals surface area (Å²) in [4.78, 5) is 12.2. The first-order chi connectivity index (χ1) is 17.9. The highest BCUT2D eigenvalue weighted by Crippen LogP contribution is 2.22. The van der Waals surface area contributed by atoms with Gasteiger partial charge in [-0.25, -0.2) is 0 Å². The van der Waals surface area contributed by atoms with Gasteiger partial charge in [-0.1, -0.05) is 68.4 Å². The molecule has 0 spiro atoms. The molecule has 1 saturated heterocycles. The average molecular weight is 526 g/mol. The molecule has 0 aromatic heterocycles. The minimum atomic E-state index is -1.55. The first kappa shape index (κ1) is 33.2. The number of nitrogens with one attached hydrogen (secondary N) is 1. The fraction of sp³-hybridized carbons (Fsp3) is 0.679. The van der Waals surface area contributed by atoms with Crippen LogP contribution in [0.2, 0.25) is 0 Å². The summed E-state index contributed by atoms with van der Waals surface area (Å²) in [6, 6.07) is -0.730. The molecule has 1 fully saturated rings. The van der Waals surface area contributed by atoms with Crippen LogP contribution in [-0.4, -0.2) is 88.0 Å². The first-order valence-corrected chi connectivity index (χ1v) is 13.4. The van der Waals surface area contributed by atoms with Crippen LogP contribution in [0.15, 0.2) is 48.6 Å². The zero-order valence-corrected chi connectivity index (χ0v) is 22.0. The smallest absolute Gasteiger partial charge is 0.220 e. The molecule has 6 N–H and O–H groups in total. The summed E-state index contributed by atoms with van der Waals surface area (Å²) < 4.78 is 10.6. The van der Waals surface area contributed by atoms with Gasteiger partial charge < -0.3 is 40.3 Å². The van der Waals surface area contributed by atoms with Crippen molar-refractivity contribution in [2.75, 3.05) is 19.8 Å². The topological polar surface area (TPSA) is 149 Å². The van der Waals surface area contributed by atoms with E-state index < -0.39 is 43.4 Å². The van der Waals surface area contributed by atoms with E-state index in [0.29, 0.717) is 6.42 Å². The molecular formula is C28H47NO8. The summed E-state index contributed by atoms with van der Waals surface area (Å²) in [7, 11) is 0. The molecule has 37 heavy (non-hydrogen) atoms. The van der Waals surface area contributed by atoms with Gasteiger partial charge in [-0.15, -0.1) is 0 Å². The Balaban J connectivity index is 2.16. The molecule has 1 rings (SSSR count). The second-order valence-electron chi connectivity index (χ2n) is 9.10. The van der Waals surface area contributed by atoms with Gasteiger partial charge in [-0.3, -0.25) is 4.79 Å².